The second-order valence-corrected chi connectivity index (χ2v) is 6.78. The van der Waals surface area contributed by atoms with Crippen LogP contribution in [0, 0.1) is 13.8 Å². The number of fused-ring (bicyclic) bond motifs is 3. The van der Waals surface area contributed by atoms with Crippen LogP contribution in [0.15, 0.2) is 21.7 Å². The Kier molecular flexibility index (Phi) is 4.62. The Hall–Kier alpha value is -2.61. The van der Waals surface area contributed by atoms with Gasteiger partial charge in [0.1, 0.15) is 0 Å². The number of ether oxygens (including phenoxy) is 1. The largest absolute Gasteiger partial charge is 0.385 e. The van der Waals surface area contributed by atoms with Crippen molar-refractivity contribution in [1.29, 1.82) is 0 Å². The molecule has 8 heteroatoms. The molecule has 3 aromatic heterocycles. The Morgan fingerprint density at radius 3 is 2.50 bits per heavy atom. The number of allylic oxidation sites excluding steroid dienone is 1. The van der Waals surface area contributed by atoms with Crippen molar-refractivity contribution in [2.24, 2.45) is 7.05 Å². The van der Waals surface area contributed by atoms with Gasteiger partial charge in [0, 0.05) is 38.7 Å². The average molecular weight is 359 g/mol. The zero-order valence-electron chi connectivity index (χ0n) is 16.0. The molecule has 0 unspecified atom stereocenters. The van der Waals surface area contributed by atoms with Gasteiger partial charge >= 0.3 is 5.69 Å². The van der Waals surface area contributed by atoms with Crippen LogP contribution in [0.1, 0.15) is 24.7 Å². The zero-order valence-corrected chi connectivity index (χ0v) is 16.0. The number of rotatable bonds is 6. The minimum atomic E-state index is -0.383. The molecule has 8 nitrogen and oxygen atoms in total. The molecule has 0 amide bonds. The predicted molar refractivity (Wildman–Crippen MR) is 101 cm³/mol. The third-order valence-corrected chi connectivity index (χ3v) is 4.79. The molecule has 0 bridgehead atoms. The van der Waals surface area contributed by atoms with Crippen molar-refractivity contribution in [3.8, 4) is 0 Å². The molecule has 0 aliphatic carbocycles. The number of aryl methyl sites for hydroxylation is 3. The fourth-order valence-electron chi connectivity index (χ4n) is 3.36. The van der Waals surface area contributed by atoms with E-state index in [4.69, 9.17) is 4.74 Å². The molecule has 140 valence electrons. The number of hydrogen-bond acceptors (Lipinski definition) is 4. The van der Waals surface area contributed by atoms with Gasteiger partial charge in [-0.3, -0.25) is 18.3 Å². The lowest BCUT2D eigenvalue weighted by atomic mass is 10.3. The lowest BCUT2D eigenvalue weighted by Crippen LogP contribution is -2.39. The summed E-state index contributed by atoms with van der Waals surface area (Å²) in [6.07, 6.45) is 0.836. The van der Waals surface area contributed by atoms with Crippen LogP contribution < -0.4 is 11.2 Å². The summed E-state index contributed by atoms with van der Waals surface area (Å²) in [6.45, 7) is 11.2. The summed E-state index contributed by atoms with van der Waals surface area (Å²) < 4.78 is 11.7. The molecule has 0 radical (unpaired) electrons. The maximum atomic E-state index is 13.1. The monoisotopic (exact) mass is 359 g/mol. The SMILES string of the molecule is C=C(C)Cn1c(=O)c2c(nc3n(CCCOC)c(C)c(C)n23)n(C)c1=O. The molecule has 0 saturated carbocycles. The van der Waals surface area contributed by atoms with Crippen molar-refractivity contribution in [1.82, 2.24) is 23.1 Å². The van der Waals surface area contributed by atoms with Crippen LogP contribution >= 0.6 is 0 Å². The average Bonchev–Trinajstić information content (AvgIpc) is 3.08. The van der Waals surface area contributed by atoms with E-state index in [1.54, 1.807) is 21.1 Å². The first kappa shape index (κ1) is 18.2. The first-order valence-corrected chi connectivity index (χ1v) is 8.60. The van der Waals surface area contributed by atoms with Crippen molar-refractivity contribution in [3.05, 3.63) is 44.4 Å². The van der Waals surface area contributed by atoms with Gasteiger partial charge in [0.25, 0.3) is 5.56 Å². The number of nitrogens with zero attached hydrogens (tertiary/aromatic N) is 5. The van der Waals surface area contributed by atoms with Crippen LogP contribution in [0.4, 0.5) is 0 Å². The molecule has 3 heterocycles. The number of hydrogen-bond donors (Lipinski definition) is 0. The number of imidazole rings is 2. The molecule has 3 aromatic rings. The molecular weight excluding hydrogens is 334 g/mol. The maximum Gasteiger partial charge on any atom is 0.332 e. The fraction of sp³-hybridized carbons (Fsp3) is 0.500. The Balaban J connectivity index is 2.37. The highest BCUT2D eigenvalue weighted by atomic mass is 16.5. The third kappa shape index (κ3) is 2.61. The highest BCUT2D eigenvalue weighted by Gasteiger charge is 2.22. The molecule has 0 aliphatic heterocycles. The highest BCUT2D eigenvalue weighted by molar-refractivity contribution is 5.76. The van der Waals surface area contributed by atoms with Gasteiger partial charge in [0.15, 0.2) is 11.2 Å². The molecular formula is C18H25N5O3. The molecule has 0 spiro atoms. The fourth-order valence-corrected chi connectivity index (χ4v) is 3.36. The van der Waals surface area contributed by atoms with Gasteiger partial charge in [-0.2, -0.15) is 4.98 Å². The topological polar surface area (TPSA) is 75.5 Å². The zero-order chi connectivity index (χ0) is 19.2. The summed E-state index contributed by atoms with van der Waals surface area (Å²) in [5, 5.41) is 0. The van der Waals surface area contributed by atoms with E-state index in [1.807, 2.05) is 18.2 Å². The van der Waals surface area contributed by atoms with Gasteiger partial charge in [0.2, 0.25) is 5.78 Å². The summed E-state index contributed by atoms with van der Waals surface area (Å²) in [5.74, 6) is 0.672. The van der Waals surface area contributed by atoms with E-state index >= 15 is 0 Å². The third-order valence-electron chi connectivity index (χ3n) is 4.79. The van der Waals surface area contributed by atoms with E-state index in [9.17, 15) is 9.59 Å². The van der Waals surface area contributed by atoms with Crippen LogP contribution in [-0.2, 0) is 24.9 Å². The van der Waals surface area contributed by atoms with E-state index in [0.29, 0.717) is 23.5 Å². The molecule has 0 aromatic carbocycles. The molecule has 0 atom stereocenters. The van der Waals surface area contributed by atoms with E-state index in [0.717, 1.165) is 29.9 Å². The van der Waals surface area contributed by atoms with Gasteiger partial charge in [-0.25, -0.2) is 4.79 Å². The first-order valence-electron chi connectivity index (χ1n) is 8.60. The van der Waals surface area contributed by atoms with Crippen LogP contribution in [0.2, 0.25) is 0 Å². The van der Waals surface area contributed by atoms with E-state index in [-0.39, 0.29) is 17.8 Å². The minimum Gasteiger partial charge on any atom is -0.385 e. The predicted octanol–water partition coefficient (Wildman–Crippen LogP) is 1.38. The van der Waals surface area contributed by atoms with Gasteiger partial charge in [-0.15, -0.1) is 0 Å². The van der Waals surface area contributed by atoms with Crippen LogP contribution in [0.5, 0.6) is 0 Å². The summed E-state index contributed by atoms with van der Waals surface area (Å²) in [7, 11) is 3.32. The molecule has 0 saturated heterocycles. The standard InChI is InChI=1S/C18H25N5O3/c1-11(2)10-22-16(24)14-15(20(5)18(22)25)19-17-21(8-7-9-26-6)12(3)13(4)23(14)17/h1,7-10H2,2-6H3. The van der Waals surface area contributed by atoms with Crippen molar-refractivity contribution < 1.29 is 4.74 Å². The van der Waals surface area contributed by atoms with Crippen molar-refractivity contribution >= 4 is 16.9 Å². The second-order valence-electron chi connectivity index (χ2n) is 6.78. The first-order chi connectivity index (χ1) is 12.3. The van der Waals surface area contributed by atoms with Crippen molar-refractivity contribution in [3.63, 3.8) is 0 Å². The van der Waals surface area contributed by atoms with Crippen LogP contribution in [-0.4, -0.2) is 36.8 Å². The molecule has 3 rings (SSSR count). The molecule has 0 N–H and O–H groups in total. The van der Waals surface area contributed by atoms with Crippen molar-refractivity contribution in [2.45, 2.75) is 40.3 Å². The van der Waals surface area contributed by atoms with E-state index in [2.05, 4.69) is 16.1 Å². The maximum absolute atomic E-state index is 13.1. The number of aromatic nitrogens is 5. The van der Waals surface area contributed by atoms with Gasteiger partial charge in [-0.1, -0.05) is 12.2 Å². The smallest absolute Gasteiger partial charge is 0.332 e. The summed E-state index contributed by atoms with van der Waals surface area (Å²) >= 11 is 0. The lowest BCUT2D eigenvalue weighted by Gasteiger charge is -2.08. The van der Waals surface area contributed by atoms with E-state index < -0.39 is 0 Å². The quantitative estimate of drug-likeness (QED) is 0.492. The van der Waals surface area contributed by atoms with Crippen molar-refractivity contribution in [2.75, 3.05) is 13.7 Å². The Morgan fingerprint density at radius 1 is 1.19 bits per heavy atom. The molecule has 0 aliphatic rings. The highest BCUT2D eigenvalue weighted by Crippen LogP contribution is 2.21. The number of methoxy groups -OCH3 is 1. The summed E-state index contributed by atoms with van der Waals surface area (Å²) in [6, 6.07) is 0. The van der Waals surface area contributed by atoms with E-state index in [1.165, 1.54) is 9.13 Å². The summed E-state index contributed by atoms with van der Waals surface area (Å²) in [5.41, 5.74) is 2.84. The van der Waals surface area contributed by atoms with Gasteiger partial charge in [-0.05, 0) is 27.2 Å². The minimum absolute atomic E-state index is 0.196. The Bertz CT molecular complexity index is 1130. The normalized spacial score (nSPS) is 11.7. The molecule has 26 heavy (non-hydrogen) atoms. The lowest BCUT2D eigenvalue weighted by molar-refractivity contribution is 0.190. The molecule has 0 fully saturated rings. The van der Waals surface area contributed by atoms with Crippen LogP contribution in [0.3, 0.4) is 0 Å². The van der Waals surface area contributed by atoms with Gasteiger partial charge in [0.05, 0.1) is 6.54 Å². The Labute approximate surface area is 150 Å². The van der Waals surface area contributed by atoms with Gasteiger partial charge < -0.3 is 9.30 Å². The summed E-state index contributed by atoms with van der Waals surface area (Å²) in [4.78, 5) is 30.3. The second kappa shape index (κ2) is 6.60. The Morgan fingerprint density at radius 2 is 1.88 bits per heavy atom. The van der Waals surface area contributed by atoms with Crippen LogP contribution in [0.25, 0.3) is 16.9 Å².